The summed E-state index contributed by atoms with van der Waals surface area (Å²) in [6.45, 7) is 0. The van der Waals surface area contributed by atoms with Gasteiger partial charge in [0.1, 0.15) is 11.2 Å². The Balaban J connectivity index is 0.000000101. The monoisotopic (exact) mass is 1720 g/mol. The molecule has 0 saturated carbocycles. The molecule has 0 N–H and O–H groups in total. The fraction of sp³-hybridized carbons (Fsp3) is 0. The lowest BCUT2D eigenvalue weighted by molar-refractivity contribution is 0.670. The number of nitrogens with zero attached hydrogens (tertiary/aromatic N) is 8. The molecule has 30 rings (SSSR count). The van der Waals surface area contributed by atoms with Crippen molar-refractivity contribution in [2.24, 2.45) is 0 Å². The van der Waals surface area contributed by atoms with Crippen LogP contribution in [0.1, 0.15) is 0 Å². The van der Waals surface area contributed by atoms with Crippen molar-refractivity contribution in [3.63, 3.8) is 0 Å². The smallest absolute Gasteiger partial charge is 0.143 e. The third-order valence-electron chi connectivity index (χ3n) is 28.2. The Bertz CT molecular complexity index is 9990. The Labute approximate surface area is 773 Å². The zero-order chi connectivity index (χ0) is 88.5. The van der Waals surface area contributed by atoms with E-state index in [1.165, 1.54) is 197 Å². The minimum absolute atomic E-state index is 0.918. The van der Waals surface area contributed by atoms with Crippen LogP contribution in [0.4, 0.5) is 0 Å². The highest BCUT2D eigenvalue weighted by Crippen LogP contribution is 2.47. The van der Waals surface area contributed by atoms with Crippen molar-refractivity contribution in [2.75, 3.05) is 0 Å². The lowest BCUT2D eigenvalue weighted by Gasteiger charge is -2.12. The summed E-state index contributed by atoms with van der Waals surface area (Å²) < 4.78 is 25.6. The Morgan fingerprint density at radius 3 is 0.615 bits per heavy atom. The fourth-order valence-electron chi connectivity index (χ4n) is 22.4. The van der Waals surface area contributed by atoms with Gasteiger partial charge in [-0.2, -0.15) is 0 Å². The first-order valence-electron chi connectivity index (χ1n) is 46.3. The first-order valence-corrected chi connectivity index (χ1v) is 46.3. The van der Waals surface area contributed by atoms with Gasteiger partial charge in [-0.3, -0.25) is 0 Å². The second kappa shape index (κ2) is 30.2. The number of para-hydroxylation sites is 15. The van der Waals surface area contributed by atoms with Gasteiger partial charge in [0.05, 0.1) is 88.3 Å². The number of benzene rings is 21. The quantitative estimate of drug-likeness (QED) is 0.142. The van der Waals surface area contributed by atoms with Gasteiger partial charge in [0, 0.05) is 148 Å². The molecule has 9 heterocycles. The number of rotatable bonds is 9. The van der Waals surface area contributed by atoms with Crippen LogP contribution in [0, 0.1) is 0 Å². The average molecular weight is 1720 g/mol. The summed E-state index contributed by atoms with van der Waals surface area (Å²) in [5.74, 6) is 0. The van der Waals surface area contributed by atoms with Gasteiger partial charge in [-0.15, -0.1) is 0 Å². The van der Waals surface area contributed by atoms with Crippen LogP contribution in [-0.2, 0) is 0 Å². The zero-order valence-electron chi connectivity index (χ0n) is 73.2. The summed E-state index contributed by atoms with van der Waals surface area (Å²) in [7, 11) is 0. The van der Waals surface area contributed by atoms with E-state index >= 15 is 0 Å². The highest BCUT2D eigenvalue weighted by atomic mass is 16.3. The van der Waals surface area contributed by atoms with Crippen molar-refractivity contribution in [3.05, 3.63) is 485 Å². The number of hydrogen-bond donors (Lipinski definition) is 0. The molecule has 0 spiro atoms. The molecule has 0 fully saturated rings. The average Bonchev–Trinajstić information content (AvgIpc) is 1.56. The molecular formula is C126H80N8O. The second-order valence-electron chi connectivity index (χ2n) is 35.4. The van der Waals surface area contributed by atoms with E-state index in [9.17, 15) is 0 Å². The molecule has 9 nitrogen and oxygen atoms in total. The summed E-state index contributed by atoms with van der Waals surface area (Å²) in [6, 6.07) is 175. The van der Waals surface area contributed by atoms with Gasteiger partial charge in [0.2, 0.25) is 0 Å². The Kier molecular flexibility index (Phi) is 17.0. The van der Waals surface area contributed by atoms with Crippen molar-refractivity contribution in [1.29, 1.82) is 0 Å². The third-order valence-corrected chi connectivity index (χ3v) is 28.2. The molecule has 21 aromatic carbocycles. The third kappa shape index (κ3) is 11.7. The lowest BCUT2D eigenvalue weighted by Crippen LogP contribution is -1.97. The van der Waals surface area contributed by atoms with Crippen LogP contribution in [0.5, 0.6) is 0 Å². The maximum atomic E-state index is 6.36. The van der Waals surface area contributed by atoms with Crippen molar-refractivity contribution in [3.8, 4) is 56.6 Å². The maximum absolute atomic E-state index is 6.36. The molecule has 9 heteroatoms. The Morgan fingerprint density at radius 2 is 0.319 bits per heavy atom. The van der Waals surface area contributed by atoms with Gasteiger partial charge in [-0.1, -0.05) is 285 Å². The molecule has 0 saturated heterocycles. The highest BCUT2D eigenvalue weighted by Gasteiger charge is 2.26. The molecule has 135 heavy (non-hydrogen) atoms. The van der Waals surface area contributed by atoms with Crippen LogP contribution in [0.2, 0.25) is 0 Å². The van der Waals surface area contributed by atoms with E-state index in [0.717, 1.165) is 55.8 Å². The molecule has 0 aliphatic rings. The normalized spacial score (nSPS) is 12.0. The SMILES string of the molecule is c1ccc(-n2c3ccccc3c3cc(-n4c5ccccc5c5cc6c(cc54)c4ccccc4n6-c4ccccc4)ccc32)cc1.c1ccc(-n2c3ccccc3c3cc4c(cc32)c2ccccc2n4-c2ccc(-c3cccc4c3oc3ccccc34)cc2)cc1.c1ccc(-n2c3ccccc3c3cc4c(cc32)c2ccccc2n4-c2ccc(-n3c4ccccc4c4ccccc43)cc2)cc1. The van der Waals surface area contributed by atoms with Crippen molar-refractivity contribution < 1.29 is 4.42 Å². The topological polar surface area (TPSA) is 52.6 Å². The van der Waals surface area contributed by atoms with Crippen LogP contribution in [0.15, 0.2) is 490 Å². The lowest BCUT2D eigenvalue weighted by atomic mass is 10.0. The Morgan fingerprint density at radius 1 is 0.119 bits per heavy atom. The van der Waals surface area contributed by atoms with Crippen molar-refractivity contribution in [2.45, 2.75) is 0 Å². The van der Waals surface area contributed by atoms with Crippen molar-refractivity contribution in [1.82, 2.24) is 36.5 Å². The standard InChI is InChI=1S/2C42H27N3.C42H26N2O/c1-3-13-28(14-4-1)43-37-20-10-7-17-31(37)34-25-30(23-24-40(34)43)45-39-22-12-9-19-33(39)36-26-41-35(27-42(36)45)32-18-8-11-21-38(32)44(41)29-15-5-2-6-16-29;1-2-12-28(13-3-1)44-39-20-10-6-16-33(39)35-27-42-36(26-41(35)44)34-17-7-11-21-40(34)45(42)30-24-22-29(23-25-30)43-37-18-8-4-14-31(37)32-15-5-9-19-38(32)43;1-2-11-28(12-3-1)43-37-18-7-4-13-31(37)35-26-40-36(25-39(35)43)32-14-5-8-19-38(32)44(40)29-23-21-27(22-24-29)30-16-10-17-34-33-15-6-9-20-41(33)45-42(30)34/h2*1-27H;1-26H. The van der Waals surface area contributed by atoms with E-state index in [4.69, 9.17) is 4.42 Å². The highest BCUT2D eigenvalue weighted by molar-refractivity contribution is 6.24. The van der Waals surface area contributed by atoms with Crippen molar-refractivity contribution >= 4 is 196 Å². The summed E-state index contributed by atoms with van der Waals surface area (Å²) in [4.78, 5) is 0. The molecule has 0 radical (unpaired) electrons. The number of hydrogen-bond acceptors (Lipinski definition) is 1. The number of fused-ring (bicyclic) bond motifs is 27. The predicted octanol–water partition coefficient (Wildman–Crippen LogP) is 33.4. The molecule has 30 aromatic rings. The van der Waals surface area contributed by atoms with E-state index in [2.05, 4.69) is 510 Å². The van der Waals surface area contributed by atoms with E-state index in [1.54, 1.807) is 0 Å². The van der Waals surface area contributed by atoms with Crippen LogP contribution < -0.4 is 0 Å². The van der Waals surface area contributed by atoms with E-state index in [1.807, 2.05) is 12.1 Å². The van der Waals surface area contributed by atoms with Gasteiger partial charge < -0.3 is 41.0 Å². The van der Waals surface area contributed by atoms with E-state index < -0.39 is 0 Å². The molecule has 0 unspecified atom stereocenters. The van der Waals surface area contributed by atoms with Gasteiger partial charge in [-0.25, -0.2) is 0 Å². The maximum Gasteiger partial charge on any atom is 0.143 e. The summed E-state index contributed by atoms with van der Waals surface area (Å²) in [5, 5.41) is 22.4. The molecule has 0 bridgehead atoms. The summed E-state index contributed by atoms with van der Waals surface area (Å²) >= 11 is 0. The minimum Gasteiger partial charge on any atom is -0.455 e. The molecule has 9 aromatic heterocycles. The van der Waals surface area contributed by atoms with Gasteiger partial charge in [0.15, 0.2) is 0 Å². The predicted molar refractivity (Wildman–Crippen MR) is 567 cm³/mol. The van der Waals surface area contributed by atoms with Crippen LogP contribution in [0.25, 0.3) is 253 Å². The van der Waals surface area contributed by atoms with E-state index in [0.29, 0.717) is 0 Å². The Hall–Kier alpha value is -18.2. The first-order chi connectivity index (χ1) is 67.0. The van der Waals surface area contributed by atoms with Gasteiger partial charge >= 0.3 is 0 Å². The largest absolute Gasteiger partial charge is 0.455 e. The first kappa shape index (κ1) is 75.8. The zero-order valence-corrected chi connectivity index (χ0v) is 73.2. The molecule has 630 valence electrons. The molecule has 0 aliphatic heterocycles. The molecule has 0 atom stereocenters. The fourth-order valence-corrected chi connectivity index (χ4v) is 22.4. The van der Waals surface area contributed by atoms with Crippen LogP contribution in [-0.4, -0.2) is 36.5 Å². The minimum atomic E-state index is 0.918. The summed E-state index contributed by atoms with van der Waals surface area (Å²) in [5.41, 5.74) is 32.8. The van der Waals surface area contributed by atoms with Crippen LogP contribution in [0.3, 0.4) is 0 Å². The van der Waals surface area contributed by atoms with Crippen LogP contribution >= 0.6 is 0 Å². The van der Waals surface area contributed by atoms with Gasteiger partial charge in [0.25, 0.3) is 0 Å². The number of furan rings is 1. The molecular weight excluding hydrogens is 1640 g/mol. The summed E-state index contributed by atoms with van der Waals surface area (Å²) in [6.07, 6.45) is 0. The van der Waals surface area contributed by atoms with E-state index in [-0.39, 0.29) is 0 Å². The number of aromatic nitrogens is 8. The molecule has 0 amide bonds. The molecule has 0 aliphatic carbocycles. The second-order valence-corrected chi connectivity index (χ2v) is 35.4. The van der Waals surface area contributed by atoms with Gasteiger partial charge in [-0.05, 0) is 206 Å².